The second-order valence-electron chi connectivity index (χ2n) is 4.87. The van der Waals surface area contributed by atoms with E-state index in [1.165, 1.54) is 36.4 Å². The van der Waals surface area contributed by atoms with E-state index in [0.29, 0.717) is 12.1 Å². The van der Waals surface area contributed by atoms with Gasteiger partial charge in [0.1, 0.15) is 5.82 Å². The van der Waals surface area contributed by atoms with Crippen molar-refractivity contribution >= 4 is 33.2 Å². The summed E-state index contributed by atoms with van der Waals surface area (Å²) in [5.41, 5.74) is 1.20. The number of hydrogen-bond acceptors (Lipinski definition) is 3. The number of nitrogens with two attached hydrogens (primary N) is 1. The van der Waals surface area contributed by atoms with Gasteiger partial charge in [-0.2, -0.15) is 0 Å². The maximum atomic E-state index is 13.0. The van der Waals surface area contributed by atoms with Crippen molar-refractivity contribution < 1.29 is 17.6 Å². The zero-order chi connectivity index (χ0) is 17.0. The number of aryl methyl sites for hydroxylation is 1. The van der Waals surface area contributed by atoms with Crippen LogP contribution in [0.5, 0.6) is 0 Å². The van der Waals surface area contributed by atoms with Crippen LogP contribution in [0.2, 0.25) is 5.02 Å². The van der Waals surface area contributed by atoms with Gasteiger partial charge in [0.05, 0.1) is 9.92 Å². The predicted octanol–water partition coefficient (Wildman–Crippen LogP) is 2.70. The van der Waals surface area contributed by atoms with E-state index < -0.39 is 15.8 Å². The Kier molecular flexibility index (Phi) is 5.35. The van der Waals surface area contributed by atoms with Crippen LogP contribution in [0.3, 0.4) is 0 Å². The number of nitrogens with one attached hydrogen (secondary N) is 1. The van der Waals surface area contributed by atoms with Crippen LogP contribution < -0.4 is 10.5 Å². The van der Waals surface area contributed by atoms with E-state index in [9.17, 15) is 17.6 Å². The summed E-state index contributed by atoms with van der Waals surface area (Å²) in [6, 6.07) is 9.82. The summed E-state index contributed by atoms with van der Waals surface area (Å²) in [6.45, 7) is 0. The first-order valence-corrected chi connectivity index (χ1v) is 8.55. The molecule has 0 radical (unpaired) electrons. The topological polar surface area (TPSA) is 89.3 Å². The lowest BCUT2D eigenvalue weighted by atomic mass is 10.1. The summed E-state index contributed by atoms with van der Waals surface area (Å²) < 4.78 is 35.3. The molecule has 0 aliphatic heterocycles. The molecule has 8 heteroatoms. The van der Waals surface area contributed by atoms with Crippen molar-refractivity contribution in [2.24, 2.45) is 5.14 Å². The molecular formula is C15H14ClFN2O3S. The van der Waals surface area contributed by atoms with Crippen LogP contribution in [-0.4, -0.2) is 14.3 Å². The molecule has 0 spiro atoms. The maximum Gasteiger partial charge on any atom is 0.238 e. The lowest BCUT2D eigenvalue weighted by molar-refractivity contribution is -0.116. The standard InChI is InChI=1S/C15H14ClFN2O3S/c16-13-9-10(1-7-14(13)17)2-8-15(20)19-11-3-5-12(6-4-11)23(18,21)22/h1,3-7,9H,2,8H2,(H,19,20)(H2,18,21,22). The number of carbonyl (C=O) groups is 1. The van der Waals surface area contributed by atoms with Gasteiger partial charge in [-0.05, 0) is 48.4 Å². The van der Waals surface area contributed by atoms with E-state index in [1.807, 2.05) is 0 Å². The minimum Gasteiger partial charge on any atom is -0.326 e. The fourth-order valence-corrected chi connectivity index (χ4v) is 2.62. The van der Waals surface area contributed by atoms with Gasteiger partial charge in [-0.3, -0.25) is 4.79 Å². The van der Waals surface area contributed by atoms with Crippen molar-refractivity contribution in [2.75, 3.05) is 5.32 Å². The molecule has 2 aromatic rings. The third-order valence-electron chi connectivity index (χ3n) is 3.09. The molecule has 5 nitrogen and oxygen atoms in total. The molecular weight excluding hydrogens is 343 g/mol. The number of carbonyl (C=O) groups excluding carboxylic acids is 1. The van der Waals surface area contributed by atoms with Crippen LogP contribution >= 0.6 is 11.6 Å². The molecule has 23 heavy (non-hydrogen) atoms. The third-order valence-corrected chi connectivity index (χ3v) is 4.31. The Balaban J connectivity index is 1.93. The number of amides is 1. The molecule has 0 atom stereocenters. The number of halogens is 2. The number of anilines is 1. The Morgan fingerprint density at radius 2 is 1.83 bits per heavy atom. The number of rotatable bonds is 5. The SMILES string of the molecule is NS(=O)(=O)c1ccc(NC(=O)CCc2ccc(F)c(Cl)c2)cc1. The van der Waals surface area contributed by atoms with Crippen LogP contribution in [0.15, 0.2) is 47.4 Å². The van der Waals surface area contributed by atoms with Gasteiger partial charge >= 0.3 is 0 Å². The third kappa shape index (κ3) is 5.02. The number of benzene rings is 2. The number of sulfonamides is 1. The molecule has 0 aromatic heterocycles. The highest BCUT2D eigenvalue weighted by atomic mass is 35.5. The Labute approximate surface area is 138 Å². The van der Waals surface area contributed by atoms with Crippen LogP contribution in [0.25, 0.3) is 0 Å². The van der Waals surface area contributed by atoms with Gasteiger partial charge in [0, 0.05) is 12.1 Å². The van der Waals surface area contributed by atoms with Crippen molar-refractivity contribution in [2.45, 2.75) is 17.7 Å². The lowest BCUT2D eigenvalue weighted by Crippen LogP contribution is -2.14. The summed E-state index contributed by atoms with van der Waals surface area (Å²) in [5.74, 6) is -0.761. The van der Waals surface area contributed by atoms with Crippen molar-refractivity contribution in [3.05, 3.63) is 58.9 Å². The van der Waals surface area contributed by atoms with Crippen LogP contribution in [0, 0.1) is 5.82 Å². The summed E-state index contributed by atoms with van der Waals surface area (Å²) in [6.07, 6.45) is 0.583. The summed E-state index contributed by atoms with van der Waals surface area (Å²) >= 11 is 5.68. The van der Waals surface area contributed by atoms with Gasteiger partial charge in [-0.25, -0.2) is 17.9 Å². The zero-order valence-corrected chi connectivity index (χ0v) is 13.5. The minimum atomic E-state index is -3.76. The quantitative estimate of drug-likeness (QED) is 0.863. The van der Waals surface area contributed by atoms with E-state index in [1.54, 1.807) is 6.07 Å². The maximum absolute atomic E-state index is 13.0. The van der Waals surface area contributed by atoms with Gasteiger partial charge < -0.3 is 5.32 Å². The van der Waals surface area contributed by atoms with Crippen LogP contribution in [-0.2, 0) is 21.2 Å². The monoisotopic (exact) mass is 356 g/mol. The smallest absolute Gasteiger partial charge is 0.238 e. The lowest BCUT2D eigenvalue weighted by Gasteiger charge is -2.06. The van der Waals surface area contributed by atoms with E-state index in [0.717, 1.165) is 5.56 Å². The Morgan fingerprint density at radius 3 is 2.39 bits per heavy atom. The highest BCUT2D eigenvalue weighted by molar-refractivity contribution is 7.89. The number of hydrogen-bond donors (Lipinski definition) is 2. The van der Waals surface area contributed by atoms with E-state index in [4.69, 9.17) is 16.7 Å². The highest BCUT2D eigenvalue weighted by Gasteiger charge is 2.09. The molecule has 122 valence electrons. The summed E-state index contributed by atoms with van der Waals surface area (Å²) in [5, 5.41) is 7.64. The molecule has 0 bridgehead atoms. The second-order valence-corrected chi connectivity index (χ2v) is 6.83. The van der Waals surface area contributed by atoms with Crippen LogP contribution in [0.1, 0.15) is 12.0 Å². The molecule has 0 aliphatic rings. The van der Waals surface area contributed by atoms with Crippen molar-refractivity contribution in [3.63, 3.8) is 0 Å². The molecule has 0 saturated heterocycles. The van der Waals surface area contributed by atoms with E-state index >= 15 is 0 Å². The number of primary sulfonamides is 1. The van der Waals surface area contributed by atoms with Crippen molar-refractivity contribution in [1.29, 1.82) is 0 Å². The van der Waals surface area contributed by atoms with Gasteiger partial charge in [0.2, 0.25) is 15.9 Å². The molecule has 0 heterocycles. The van der Waals surface area contributed by atoms with Crippen LogP contribution in [0.4, 0.5) is 10.1 Å². The first-order chi connectivity index (χ1) is 10.8. The Morgan fingerprint density at radius 1 is 1.17 bits per heavy atom. The molecule has 0 unspecified atom stereocenters. The average molecular weight is 357 g/mol. The fourth-order valence-electron chi connectivity index (χ4n) is 1.90. The zero-order valence-electron chi connectivity index (χ0n) is 11.9. The summed E-state index contributed by atoms with van der Waals surface area (Å²) in [7, 11) is -3.76. The fraction of sp³-hybridized carbons (Fsp3) is 0.133. The van der Waals surface area contributed by atoms with Crippen molar-refractivity contribution in [1.82, 2.24) is 0 Å². The van der Waals surface area contributed by atoms with Gasteiger partial charge in [0.15, 0.2) is 0 Å². The largest absolute Gasteiger partial charge is 0.326 e. The van der Waals surface area contributed by atoms with Gasteiger partial charge in [-0.15, -0.1) is 0 Å². The predicted molar refractivity (Wildman–Crippen MR) is 86.2 cm³/mol. The molecule has 3 N–H and O–H groups in total. The first kappa shape index (κ1) is 17.4. The minimum absolute atomic E-state index is 0.0153. The van der Waals surface area contributed by atoms with Gasteiger partial charge in [-0.1, -0.05) is 17.7 Å². The molecule has 0 aliphatic carbocycles. The van der Waals surface area contributed by atoms with E-state index in [-0.39, 0.29) is 22.2 Å². The molecule has 2 rings (SSSR count). The second kappa shape index (κ2) is 7.08. The first-order valence-electron chi connectivity index (χ1n) is 6.62. The van der Waals surface area contributed by atoms with Crippen molar-refractivity contribution in [3.8, 4) is 0 Å². The normalized spacial score (nSPS) is 11.3. The Hall–Kier alpha value is -1.96. The molecule has 1 amide bonds. The average Bonchev–Trinajstić information content (AvgIpc) is 2.48. The van der Waals surface area contributed by atoms with E-state index in [2.05, 4.69) is 5.32 Å². The van der Waals surface area contributed by atoms with Gasteiger partial charge in [0.25, 0.3) is 0 Å². The molecule has 2 aromatic carbocycles. The molecule has 0 saturated carbocycles. The molecule has 0 fully saturated rings. The Bertz CT molecular complexity index is 823. The summed E-state index contributed by atoms with van der Waals surface area (Å²) in [4.78, 5) is 11.8. The highest BCUT2D eigenvalue weighted by Crippen LogP contribution is 2.17.